The fourth-order valence-electron chi connectivity index (χ4n) is 1.75. The van der Waals surface area contributed by atoms with Crippen LogP contribution >= 0.6 is 0 Å². The number of aromatic nitrogens is 1. The molecule has 0 aliphatic rings. The van der Waals surface area contributed by atoms with Crippen LogP contribution in [0.4, 0.5) is 0 Å². The topological polar surface area (TPSA) is 82.2 Å². The van der Waals surface area contributed by atoms with E-state index in [9.17, 15) is 14.7 Å². The van der Waals surface area contributed by atoms with Gasteiger partial charge in [0.05, 0.1) is 6.04 Å². The molecule has 1 aromatic carbocycles. The lowest BCUT2D eigenvalue weighted by Gasteiger charge is -2.14. The fourth-order valence-corrected chi connectivity index (χ4v) is 1.75. The molecule has 3 N–H and O–H groups in total. The highest BCUT2D eigenvalue weighted by Crippen LogP contribution is 2.17. The minimum Gasteiger partial charge on any atom is -0.508 e. The number of rotatable bonds is 3. The first-order chi connectivity index (χ1) is 9.08. The van der Waals surface area contributed by atoms with Crippen molar-refractivity contribution >= 4 is 5.91 Å². The summed E-state index contributed by atoms with van der Waals surface area (Å²) in [5, 5.41) is 12.1. The number of phenols is 1. The molecule has 1 heterocycles. The number of hydrogen-bond donors (Lipinski definition) is 3. The number of carbonyl (C=O) groups excluding carboxylic acids is 1. The molecule has 0 aliphatic heterocycles. The van der Waals surface area contributed by atoms with E-state index in [1.54, 1.807) is 31.2 Å². The SMILES string of the molecule is CC(NC(=O)c1c[nH]ccc1=O)c1cccc(O)c1. The second-order valence-electron chi connectivity index (χ2n) is 4.21. The summed E-state index contributed by atoms with van der Waals surface area (Å²) in [5.41, 5.74) is 0.495. The molecule has 0 radical (unpaired) electrons. The zero-order valence-electron chi connectivity index (χ0n) is 10.4. The van der Waals surface area contributed by atoms with E-state index in [2.05, 4.69) is 10.3 Å². The van der Waals surface area contributed by atoms with Crippen molar-refractivity contribution in [3.63, 3.8) is 0 Å². The quantitative estimate of drug-likeness (QED) is 0.781. The summed E-state index contributed by atoms with van der Waals surface area (Å²) in [6.07, 6.45) is 2.84. The molecule has 5 heteroatoms. The zero-order valence-corrected chi connectivity index (χ0v) is 10.4. The van der Waals surface area contributed by atoms with Crippen molar-refractivity contribution < 1.29 is 9.90 Å². The maximum atomic E-state index is 11.9. The van der Waals surface area contributed by atoms with Crippen molar-refractivity contribution in [1.82, 2.24) is 10.3 Å². The summed E-state index contributed by atoms with van der Waals surface area (Å²) in [7, 11) is 0. The number of pyridine rings is 1. The van der Waals surface area contributed by atoms with Gasteiger partial charge in [0.2, 0.25) is 0 Å². The van der Waals surface area contributed by atoms with Gasteiger partial charge in [0.25, 0.3) is 5.91 Å². The molecule has 1 unspecified atom stereocenters. The predicted octanol–water partition coefficient (Wildman–Crippen LogP) is 1.57. The summed E-state index contributed by atoms with van der Waals surface area (Å²) in [6.45, 7) is 1.78. The summed E-state index contributed by atoms with van der Waals surface area (Å²) in [5.74, 6) is -0.311. The number of H-pyrrole nitrogens is 1. The lowest BCUT2D eigenvalue weighted by Crippen LogP contribution is -2.30. The molecule has 0 saturated carbocycles. The van der Waals surface area contributed by atoms with Crippen LogP contribution in [0.1, 0.15) is 28.9 Å². The highest BCUT2D eigenvalue weighted by atomic mass is 16.3. The Hall–Kier alpha value is -2.56. The Morgan fingerprint density at radius 3 is 2.84 bits per heavy atom. The minimum atomic E-state index is -0.447. The third-order valence-electron chi connectivity index (χ3n) is 2.79. The first kappa shape index (κ1) is 12.9. The lowest BCUT2D eigenvalue weighted by molar-refractivity contribution is 0.0938. The molecule has 0 aliphatic carbocycles. The maximum absolute atomic E-state index is 11.9. The van der Waals surface area contributed by atoms with E-state index in [0.717, 1.165) is 5.56 Å². The van der Waals surface area contributed by atoms with Gasteiger partial charge in [-0.25, -0.2) is 0 Å². The van der Waals surface area contributed by atoms with Gasteiger partial charge in [-0.05, 0) is 24.6 Å². The van der Waals surface area contributed by atoms with Crippen LogP contribution < -0.4 is 10.7 Å². The molecule has 0 saturated heterocycles. The van der Waals surface area contributed by atoms with Crippen molar-refractivity contribution in [2.24, 2.45) is 0 Å². The second-order valence-corrected chi connectivity index (χ2v) is 4.21. The summed E-state index contributed by atoms with van der Waals surface area (Å²) in [6, 6.07) is 7.61. The van der Waals surface area contributed by atoms with Crippen LogP contribution in [-0.4, -0.2) is 16.0 Å². The van der Waals surface area contributed by atoms with Crippen molar-refractivity contribution in [2.45, 2.75) is 13.0 Å². The van der Waals surface area contributed by atoms with Crippen molar-refractivity contribution in [3.8, 4) is 5.75 Å². The predicted molar refractivity (Wildman–Crippen MR) is 71.1 cm³/mol. The Morgan fingerprint density at radius 2 is 2.16 bits per heavy atom. The highest BCUT2D eigenvalue weighted by molar-refractivity contribution is 5.93. The van der Waals surface area contributed by atoms with E-state index in [0.29, 0.717) is 0 Å². The third-order valence-corrected chi connectivity index (χ3v) is 2.79. The molecule has 5 nitrogen and oxygen atoms in total. The summed E-state index contributed by atoms with van der Waals surface area (Å²) >= 11 is 0. The Balaban J connectivity index is 2.16. The van der Waals surface area contributed by atoms with Crippen molar-refractivity contribution in [3.05, 3.63) is 64.1 Å². The molecular weight excluding hydrogens is 244 g/mol. The van der Waals surface area contributed by atoms with Gasteiger partial charge in [-0.2, -0.15) is 0 Å². The van der Waals surface area contributed by atoms with Gasteiger partial charge in [-0.15, -0.1) is 0 Å². The molecule has 1 aromatic heterocycles. The average molecular weight is 258 g/mol. The molecule has 2 rings (SSSR count). The van der Waals surface area contributed by atoms with Crippen LogP contribution in [0.3, 0.4) is 0 Å². The number of hydrogen-bond acceptors (Lipinski definition) is 3. The molecule has 0 spiro atoms. The summed E-state index contributed by atoms with van der Waals surface area (Å²) < 4.78 is 0. The van der Waals surface area contributed by atoms with Crippen molar-refractivity contribution in [2.75, 3.05) is 0 Å². The van der Waals surface area contributed by atoms with Gasteiger partial charge in [0.15, 0.2) is 5.43 Å². The average Bonchev–Trinajstić information content (AvgIpc) is 2.39. The monoisotopic (exact) mass is 258 g/mol. The number of benzene rings is 1. The molecular formula is C14H14N2O3. The minimum absolute atomic E-state index is 0.0644. The number of aromatic amines is 1. The number of aromatic hydroxyl groups is 1. The van der Waals surface area contributed by atoms with Gasteiger partial charge >= 0.3 is 0 Å². The van der Waals surface area contributed by atoms with E-state index in [1.165, 1.54) is 18.5 Å². The number of amides is 1. The van der Waals surface area contributed by atoms with Gasteiger partial charge in [0.1, 0.15) is 11.3 Å². The maximum Gasteiger partial charge on any atom is 0.257 e. The molecule has 1 atom stereocenters. The Morgan fingerprint density at radius 1 is 1.37 bits per heavy atom. The van der Waals surface area contributed by atoms with Gasteiger partial charge in [0, 0.05) is 18.5 Å². The molecule has 0 fully saturated rings. The molecule has 98 valence electrons. The summed E-state index contributed by atoms with van der Waals surface area (Å²) in [4.78, 5) is 26.2. The van der Waals surface area contributed by atoms with Crippen molar-refractivity contribution in [1.29, 1.82) is 0 Å². The molecule has 2 aromatic rings. The van der Waals surface area contributed by atoms with E-state index >= 15 is 0 Å². The van der Waals surface area contributed by atoms with Gasteiger partial charge in [-0.1, -0.05) is 12.1 Å². The fraction of sp³-hybridized carbons (Fsp3) is 0.143. The number of carbonyl (C=O) groups is 1. The van der Waals surface area contributed by atoms with Crippen LogP contribution in [0.5, 0.6) is 5.75 Å². The Kier molecular flexibility index (Phi) is 3.66. The largest absolute Gasteiger partial charge is 0.508 e. The standard InChI is InChI=1S/C14H14N2O3/c1-9(10-3-2-4-11(17)7-10)16-14(19)12-8-15-6-5-13(12)18/h2-9,17H,1H3,(H,15,18)(H,16,19). The number of nitrogens with one attached hydrogen (secondary N) is 2. The zero-order chi connectivity index (χ0) is 13.8. The van der Waals surface area contributed by atoms with E-state index in [1.807, 2.05) is 0 Å². The Bertz CT molecular complexity index is 649. The molecule has 1 amide bonds. The van der Waals surface area contributed by atoms with Crippen LogP contribution in [0.15, 0.2) is 47.5 Å². The molecule has 19 heavy (non-hydrogen) atoms. The third kappa shape index (κ3) is 3.01. The van der Waals surface area contributed by atoms with Crippen LogP contribution in [0.25, 0.3) is 0 Å². The van der Waals surface area contributed by atoms with E-state index in [4.69, 9.17) is 0 Å². The second kappa shape index (κ2) is 5.39. The highest BCUT2D eigenvalue weighted by Gasteiger charge is 2.13. The first-order valence-corrected chi connectivity index (χ1v) is 5.85. The van der Waals surface area contributed by atoms with Crippen LogP contribution in [0.2, 0.25) is 0 Å². The van der Waals surface area contributed by atoms with Crippen LogP contribution in [0, 0.1) is 0 Å². The normalized spacial score (nSPS) is 11.8. The van der Waals surface area contributed by atoms with E-state index < -0.39 is 5.91 Å². The first-order valence-electron chi connectivity index (χ1n) is 5.85. The smallest absolute Gasteiger partial charge is 0.257 e. The van der Waals surface area contributed by atoms with Gasteiger partial charge < -0.3 is 15.4 Å². The van der Waals surface area contributed by atoms with E-state index in [-0.39, 0.29) is 22.8 Å². The Labute approximate surface area is 109 Å². The van der Waals surface area contributed by atoms with Gasteiger partial charge in [-0.3, -0.25) is 9.59 Å². The number of phenolic OH excluding ortho intramolecular Hbond substituents is 1. The lowest BCUT2D eigenvalue weighted by atomic mass is 10.1. The van der Waals surface area contributed by atoms with Crippen LogP contribution in [-0.2, 0) is 0 Å². The molecule has 0 bridgehead atoms.